The van der Waals surface area contributed by atoms with E-state index in [0.717, 1.165) is 18.9 Å². The molecule has 110 valence electrons. The van der Waals surface area contributed by atoms with Gasteiger partial charge in [-0.05, 0) is 48.4 Å². The summed E-state index contributed by atoms with van der Waals surface area (Å²) in [6, 6.07) is 3.38. The van der Waals surface area contributed by atoms with Gasteiger partial charge in [0.15, 0.2) is 0 Å². The molecule has 0 aliphatic heterocycles. The zero-order chi connectivity index (χ0) is 14.8. The van der Waals surface area contributed by atoms with E-state index in [1.807, 2.05) is 0 Å². The van der Waals surface area contributed by atoms with Crippen LogP contribution < -0.4 is 5.32 Å². The predicted molar refractivity (Wildman–Crippen MR) is 78.5 cm³/mol. The van der Waals surface area contributed by atoms with E-state index in [2.05, 4.69) is 10.3 Å². The molecule has 2 aliphatic carbocycles. The van der Waals surface area contributed by atoms with Crippen molar-refractivity contribution in [1.82, 2.24) is 4.98 Å². The summed E-state index contributed by atoms with van der Waals surface area (Å²) >= 11 is 0. The molecule has 21 heavy (non-hydrogen) atoms. The summed E-state index contributed by atoms with van der Waals surface area (Å²) < 4.78 is 0. The average molecular weight is 286 g/mol. The minimum absolute atomic E-state index is 0.0544. The van der Waals surface area contributed by atoms with E-state index in [4.69, 9.17) is 5.11 Å². The molecule has 2 saturated carbocycles. The van der Waals surface area contributed by atoms with Gasteiger partial charge in [-0.1, -0.05) is 12.8 Å². The standard InChI is InChI=1S/C16H18N2O3/c19-14(20)6-5-10-7-8-17-13(9-10)18-16(21)15-11-3-1-2-4-12(11)15/h5-9,11-12,15H,1-4H2,(H,19,20)(H,17,18,21)/b6-5+. The normalized spacial score (nSPS) is 27.1. The number of nitrogens with zero attached hydrogens (tertiary/aromatic N) is 1. The van der Waals surface area contributed by atoms with Crippen LogP contribution in [0.1, 0.15) is 31.2 Å². The average Bonchev–Trinajstić information content (AvgIpc) is 3.20. The Labute approximate surface area is 123 Å². The van der Waals surface area contributed by atoms with Crippen molar-refractivity contribution < 1.29 is 14.7 Å². The maximum Gasteiger partial charge on any atom is 0.328 e. The number of rotatable bonds is 4. The Balaban J connectivity index is 1.64. The molecule has 2 unspecified atom stereocenters. The van der Waals surface area contributed by atoms with Crippen LogP contribution >= 0.6 is 0 Å². The van der Waals surface area contributed by atoms with Crippen LogP contribution in [0.4, 0.5) is 5.82 Å². The van der Waals surface area contributed by atoms with Gasteiger partial charge in [0.2, 0.25) is 5.91 Å². The molecule has 1 aromatic rings. The summed E-state index contributed by atoms with van der Waals surface area (Å²) in [5, 5.41) is 11.5. The topological polar surface area (TPSA) is 79.3 Å². The summed E-state index contributed by atoms with van der Waals surface area (Å²) in [4.78, 5) is 26.9. The van der Waals surface area contributed by atoms with Crippen LogP contribution in [-0.2, 0) is 9.59 Å². The number of nitrogens with one attached hydrogen (secondary N) is 1. The molecule has 0 radical (unpaired) electrons. The third-order valence-electron chi connectivity index (χ3n) is 4.41. The number of carbonyl (C=O) groups excluding carboxylic acids is 1. The van der Waals surface area contributed by atoms with Gasteiger partial charge in [0.05, 0.1) is 0 Å². The quantitative estimate of drug-likeness (QED) is 0.834. The van der Waals surface area contributed by atoms with Crippen molar-refractivity contribution >= 4 is 23.8 Å². The van der Waals surface area contributed by atoms with Crippen molar-refractivity contribution in [2.45, 2.75) is 25.7 Å². The lowest BCUT2D eigenvalue weighted by molar-refractivity contribution is -0.131. The van der Waals surface area contributed by atoms with E-state index in [1.54, 1.807) is 18.3 Å². The number of hydrogen-bond acceptors (Lipinski definition) is 3. The van der Waals surface area contributed by atoms with Crippen LogP contribution in [0.5, 0.6) is 0 Å². The smallest absolute Gasteiger partial charge is 0.328 e. The summed E-state index contributed by atoms with van der Waals surface area (Å²) in [6.07, 6.45) is 8.91. The number of anilines is 1. The molecule has 1 aromatic heterocycles. The molecule has 5 heteroatoms. The Morgan fingerprint density at radius 2 is 2.00 bits per heavy atom. The van der Waals surface area contributed by atoms with Gasteiger partial charge in [0.1, 0.15) is 5.82 Å². The number of pyridine rings is 1. The number of carboxylic acid groups (broad SMARTS) is 1. The fraction of sp³-hybridized carbons (Fsp3) is 0.438. The maximum atomic E-state index is 12.3. The zero-order valence-corrected chi connectivity index (χ0v) is 11.7. The van der Waals surface area contributed by atoms with Crippen LogP contribution in [0.25, 0.3) is 6.08 Å². The highest BCUT2D eigenvalue weighted by Gasteiger charge is 2.54. The van der Waals surface area contributed by atoms with Crippen LogP contribution in [0.3, 0.4) is 0 Å². The Hall–Kier alpha value is -2.17. The molecule has 1 amide bonds. The van der Waals surface area contributed by atoms with Gasteiger partial charge in [-0.25, -0.2) is 9.78 Å². The molecule has 2 fully saturated rings. The summed E-state index contributed by atoms with van der Waals surface area (Å²) in [5.74, 6) is 0.810. The lowest BCUT2D eigenvalue weighted by Crippen LogP contribution is -2.16. The molecule has 2 N–H and O–H groups in total. The molecule has 2 atom stereocenters. The highest BCUT2D eigenvalue weighted by molar-refractivity contribution is 5.94. The maximum absolute atomic E-state index is 12.3. The van der Waals surface area contributed by atoms with Crippen molar-refractivity contribution in [1.29, 1.82) is 0 Å². The minimum atomic E-state index is -1.00. The number of aliphatic carboxylic acids is 1. The Morgan fingerprint density at radius 3 is 2.67 bits per heavy atom. The molecular weight excluding hydrogens is 268 g/mol. The largest absolute Gasteiger partial charge is 0.478 e. The molecule has 1 heterocycles. The van der Waals surface area contributed by atoms with Crippen molar-refractivity contribution in [2.75, 3.05) is 5.32 Å². The van der Waals surface area contributed by atoms with Crippen LogP contribution in [0.15, 0.2) is 24.4 Å². The highest BCUT2D eigenvalue weighted by Crippen LogP contribution is 2.55. The first-order chi connectivity index (χ1) is 10.1. The van der Waals surface area contributed by atoms with Crippen LogP contribution in [0.2, 0.25) is 0 Å². The first-order valence-electron chi connectivity index (χ1n) is 7.33. The van der Waals surface area contributed by atoms with E-state index in [1.165, 1.54) is 18.9 Å². The third-order valence-corrected chi connectivity index (χ3v) is 4.41. The lowest BCUT2D eigenvalue weighted by Gasteiger charge is -2.04. The monoisotopic (exact) mass is 286 g/mol. The SMILES string of the molecule is O=C(O)/C=C/c1ccnc(NC(=O)C2C3CCCCC32)c1. The van der Waals surface area contributed by atoms with Crippen molar-refractivity contribution in [3.05, 3.63) is 30.0 Å². The second-order valence-electron chi connectivity index (χ2n) is 5.77. The number of aromatic nitrogens is 1. The predicted octanol–water partition coefficient (Wildman–Crippen LogP) is 2.55. The van der Waals surface area contributed by atoms with E-state index < -0.39 is 5.97 Å². The first-order valence-corrected chi connectivity index (χ1v) is 7.33. The molecular formula is C16H18N2O3. The fourth-order valence-corrected chi connectivity index (χ4v) is 3.38. The molecule has 0 saturated heterocycles. The van der Waals surface area contributed by atoms with Gasteiger partial charge in [0, 0.05) is 18.2 Å². The van der Waals surface area contributed by atoms with Gasteiger partial charge in [0.25, 0.3) is 0 Å². The number of hydrogen-bond donors (Lipinski definition) is 2. The Kier molecular flexibility index (Phi) is 3.73. The van der Waals surface area contributed by atoms with Gasteiger partial charge in [-0.2, -0.15) is 0 Å². The molecule has 0 bridgehead atoms. The van der Waals surface area contributed by atoms with Crippen molar-refractivity contribution in [3.8, 4) is 0 Å². The second-order valence-corrected chi connectivity index (χ2v) is 5.77. The minimum Gasteiger partial charge on any atom is -0.478 e. The van der Waals surface area contributed by atoms with Gasteiger partial charge >= 0.3 is 5.97 Å². The van der Waals surface area contributed by atoms with Crippen LogP contribution in [-0.4, -0.2) is 22.0 Å². The summed E-state index contributed by atoms with van der Waals surface area (Å²) in [6.45, 7) is 0. The zero-order valence-electron chi connectivity index (χ0n) is 11.7. The number of carbonyl (C=O) groups is 2. The van der Waals surface area contributed by atoms with E-state index in [0.29, 0.717) is 23.2 Å². The summed E-state index contributed by atoms with van der Waals surface area (Å²) in [5.41, 5.74) is 0.705. The third kappa shape index (κ3) is 3.12. The van der Waals surface area contributed by atoms with Crippen LogP contribution in [0, 0.1) is 17.8 Å². The number of carboxylic acids is 1. The van der Waals surface area contributed by atoms with Gasteiger partial charge in [-0.3, -0.25) is 4.79 Å². The molecule has 3 rings (SSSR count). The number of fused-ring (bicyclic) bond motifs is 1. The van der Waals surface area contributed by atoms with E-state index in [-0.39, 0.29) is 11.8 Å². The Morgan fingerprint density at radius 1 is 1.29 bits per heavy atom. The van der Waals surface area contributed by atoms with Gasteiger partial charge < -0.3 is 10.4 Å². The van der Waals surface area contributed by atoms with Crippen molar-refractivity contribution in [3.63, 3.8) is 0 Å². The summed E-state index contributed by atoms with van der Waals surface area (Å²) in [7, 11) is 0. The Bertz CT molecular complexity index is 585. The molecule has 2 aliphatic rings. The highest BCUT2D eigenvalue weighted by atomic mass is 16.4. The lowest BCUT2D eigenvalue weighted by atomic mass is 10.0. The van der Waals surface area contributed by atoms with Crippen molar-refractivity contribution in [2.24, 2.45) is 17.8 Å². The number of amides is 1. The fourth-order valence-electron chi connectivity index (χ4n) is 3.38. The van der Waals surface area contributed by atoms with E-state index >= 15 is 0 Å². The van der Waals surface area contributed by atoms with Gasteiger partial charge in [-0.15, -0.1) is 0 Å². The van der Waals surface area contributed by atoms with E-state index in [9.17, 15) is 9.59 Å². The molecule has 0 spiro atoms. The molecule has 5 nitrogen and oxygen atoms in total. The molecule has 0 aromatic carbocycles. The second kappa shape index (κ2) is 5.68. The first kappa shape index (κ1) is 13.8.